The van der Waals surface area contributed by atoms with Gasteiger partial charge in [-0.15, -0.1) is 12.4 Å². The standard InChI is InChI=1S/C19H21NO4.ClH/c1-20-5-4-10-7-15(22)19(24-3)18-12-9-16(23-2)14(21)8-11(12)6-13(20)17(10)18;/h7-9,13,21-22H,4-6H2,1-3H3;1H. The van der Waals surface area contributed by atoms with Gasteiger partial charge in [-0.1, -0.05) is 0 Å². The molecule has 25 heavy (non-hydrogen) atoms. The monoisotopic (exact) mass is 363 g/mol. The van der Waals surface area contributed by atoms with Crippen molar-refractivity contribution >= 4 is 12.4 Å². The lowest BCUT2D eigenvalue weighted by Crippen LogP contribution is -2.35. The maximum Gasteiger partial charge on any atom is 0.168 e. The van der Waals surface area contributed by atoms with E-state index in [1.54, 1.807) is 13.2 Å². The van der Waals surface area contributed by atoms with Crippen molar-refractivity contribution in [3.63, 3.8) is 0 Å². The highest BCUT2D eigenvalue weighted by Crippen LogP contribution is 2.53. The number of hydrogen-bond acceptors (Lipinski definition) is 5. The second-order valence-corrected chi connectivity index (χ2v) is 6.51. The molecule has 0 fully saturated rings. The molecule has 2 N–H and O–H groups in total. The van der Waals surface area contributed by atoms with E-state index < -0.39 is 0 Å². The summed E-state index contributed by atoms with van der Waals surface area (Å²) in [4.78, 5) is 2.33. The molecular weight excluding hydrogens is 342 g/mol. The maximum atomic E-state index is 10.4. The molecule has 0 bridgehead atoms. The van der Waals surface area contributed by atoms with Gasteiger partial charge in [-0.25, -0.2) is 0 Å². The van der Waals surface area contributed by atoms with Crippen molar-refractivity contribution in [1.29, 1.82) is 0 Å². The van der Waals surface area contributed by atoms with Gasteiger partial charge in [-0.05, 0) is 60.3 Å². The Kier molecular flexibility index (Phi) is 4.47. The van der Waals surface area contributed by atoms with E-state index in [0.29, 0.717) is 11.5 Å². The largest absolute Gasteiger partial charge is 0.504 e. The molecule has 1 aliphatic carbocycles. The first kappa shape index (κ1) is 17.7. The predicted octanol–water partition coefficient (Wildman–Crippen LogP) is 3.29. The summed E-state index contributed by atoms with van der Waals surface area (Å²) in [6, 6.07) is 5.66. The fourth-order valence-corrected chi connectivity index (χ4v) is 4.10. The predicted molar refractivity (Wildman–Crippen MR) is 98.3 cm³/mol. The quantitative estimate of drug-likeness (QED) is 0.857. The smallest absolute Gasteiger partial charge is 0.168 e. The number of aromatic hydroxyl groups is 2. The zero-order chi connectivity index (χ0) is 17.0. The van der Waals surface area contributed by atoms with Crippen LogP contribution in [-0.2, 0) is 12.8 Å². The molecule has 6 heteroatoms. The highest BCUT2D eigenvalue weighted by Gasteiger charge is 2.36. The topological polar surface area (TPSA) is 62.2 Å². The summed E-state index contributed by atoms with van der Waals surface area (Å²) in [5.41, 5.74) is 5.31. The van der Waals surface area contributed by atoms with Crippen molar-refractivity contribution in [1.82, 2.24) is 4.90 Å². The molecule has 0 radical (unpaired) electrons. The maximum absolute atomic E-state index is 10.4. The molecule has 1 aliphatic heterocycles. The molecular formula is C19H22ClNO4. The van der Waals surface area contributed by atoms with Crippen LogP contribution in [0.1, 0.15) is 22.7 Å². The number of methoxy groups -OCH3 is 2. The number of halogens is 1. The Balaban J connectivity index is 0.00000182. The third-order valence-corrected chi connectivity index (χ3v) is 5.28. The first-order chi connectivity index (χ1) is 11.5. The fourth-order valence-electron chi connectivity index (χ4n) is 4.10. The molecule has 0 saturated carbocycles. The molecule has 2 aromatic carbocycles. The SMILES string of the molecule is COc1cc2c(cc1O)CC1c3c(cc(O)c(OC)c3-2)CCN1C.Cl. The van der Waals surface area contributed by atoms with E-state index in [1.807, 2.05) is 12.1 Å². The van der Waals surface area contributed by atoms with Crippen molar-refractivity contribution in [3.8, 4) is 34.1 Å². The lowest BCUT2D eigenvalue weighted by Gasteiger charge is -2.40. The number of phenols is 2. The number of nitrogens with zero attached hydrogens (tertiary/aromatic N) is 1. The summed E-state index contributed by atoms with van der Waals surface area (Å²) in [6.07, 6.45) is 1.72. The molecule has 0 saturated heterocycles. The zero-order valence-electron chi connectivity index (χ0n) is 14.5. The molecule has 5 nitrogen and oxygen atoms in total. The van der Waals surface area contributed by atoms with Crippen LogP contribution in [0, 0.1) is 0 Å². The minimum Gasteiger partial charge on any atom is -0.504 e. The molecule has 4 rings (SSSR count). The van der Waals surface area contributed by atoms with E-state index in [0.717, 1.165) is 36.1 Å². The van der Waals surface area contributed by atoms with Crippen LogP contribution in [0.3, 0.4) is 0 Å². The average Bonchev–Trinajstić information content (AvgIpc) is 2.57. The molecule has 134 valence electrons. The number of phenolic OH excluding ortho intramolecular Hbond substituents is 2. The second-order valence-electron chi connectivity index (χ2n) is 6.51. The molecule has 0 aromatic heterocycles. The summed E-state index contributed by atoms with van der Waals surface area (Å²) in [7, 11) is 5.23. The number of hydrogen-bond donors (Lipinski definition) is 2. The molecule has 1 atom stereocenters. The van der Waals surface area contributed by atoms with Crippen LogP contribution in [0.15, 0.2) is 18.2 Å². The van der Waals surface area contributed by atoms with E-state index in [9.17, 15) is 10.2 Å². The Morgan fingerprint density at radius 2 is 1.76 bits per heavy atom. The Bertz CT molecular complexity index is 837. The number of benzene rings is 2. The van der Waals surface area contributed by atoms with Crippen molar-refractivity contribution in [3.05, 3.63) is 34.9 Å². The molecule has 0 spiro atoms. The van der Waals surface area contributed by atoms with Crippen molar-refractivity contribution < 1.29 is 19.7 Å². The van der Waals surface area contributed by atoms with E-state index >= 15 is 0 Å². The van der Waals surface area contributed by atoms with Crippen LogP contribution in [0.5, 0.6) is 23.0 Å². The second kappa shape index (κ2) is 6.32. The lowest BCUT2D eigenvalue weighted by molar-refractivity contribution is 0.226. The molecule has 2 aliphatic rings. The fraction of sp³-hybridized carbons (Fsp3) is 0.368. The minimum absolute atomic E-state index is 0. The van der Waals surface area contributed by atoms with Gasteiger partial charge in [-0.3, -0.25) is 4.90 Å². The van der Waals surface area contributed by atoms with Crippen LogP contribution in [-0.4, -0.2) is 42.9 Å². The summed E-state index contributed by atoms with van der Waals surface area (Å²) in [5, 5.41) is 20.6. The molecule has 1 heterocycles. The summed E-state index contributed by atoms with van der Waals surface area (Å²) >= 11 is 0. The minimum atomic E-state index is 0. The zero-order valence-corrected chi connectivity index (χ0v) is 15.3. The van der Waals surface area contributed by atoms with E-state index in [4.69, 9.17) is 9.47 Å². The Labute approximate surface area is 153 Å². The number of fused-ring (bicyclic) bond motifs is 2. The van der Waals surface area contributed by atoms with E-state index in [2.05, 4.69) is 11.9 Å². The molecule has 1 unspecified atom stereocenters. The van der Waals surface area contributed by atoms with Crippen molar-refractivity contribution in [2.24, 2.45) is 0 Å². The highest BCUT2D eigenvalue weighted by atomic mass is 35.5. The summed E-state index contributed by atoms with van der Waals surface area (Å²) in [6.45, 7) is 0.945. The van der Waals surface area contributed by atoms with Crippen LogP contribution in [0.25, 0.3) is 11.1 Å². The van der Waals surface area contributed by atoms with Gasteiger partial charge < -0.3 is 19.7 Å². The van der Waals surface area contributed by atoms with Crippen molar-refractivity contribution in [2.45, 2.75) is 18.9 Å². The van der Waals surface area contributed by atoms with Gasteiger partial charge in [-0.2, -0.15) is 0 Å². The van der Waals surface area contributed by atoms with Gasteiger partial charge in [0.1, 0.15) is 0 Å². The Morgan fingerprint density at radius 1 is 1.04 bits per heavy atom. The van der Waals surface area contributed by atoms with Gasteiger partial charge >= 0.3 is 0 Å². The third-order valence-electron chi connectivity index (χ3n) is 5.28. The van der Waals surface area contributed by atoms with Crippen LogP contribution < -0.4 is 9.47 Å². The Morgan fingerprint density at radius 3 is 2.44 bits per heavy atom. The van der Waals surface area contributed by atoms with E-state index in [1.165, 1.54) is 18.2 Å². The van der Waals surface area contributed by atoms with Gasteiger partial charge in [0, 0.05) is 18.2 Å². The first-order valence-corrected chi connectivity index (χ1v) is 8.08. The summed E-state index contributed by atoms with van der Waals surface area (Å²) < 4.78 is 10.8. The summed E-state index contributed by atoms with van der Waals surface area (Å²) in [5.74, 6) is 1.21. The normalized spacial score (nSPS) is 18.0. The lowest BCUT2D eigenvalue weighted by atomic mass is 9.76. The number of rotatable bonds is 2. The van der Waals surface area contributed by atoms with Crippen LogP contribution >= 0.6 is 12.4 Å². The average molecular weight is 364 g/mol. The molecule has 0 amide bonds. The van der Waals surface area contributed by atoms with Gasteiger partial charge in [0.2, 0.25) is 0 Å². The number of likely N-dealkylation sites (N-methyl/N-ethyl adjacent to an activating group) is 1. The number of ether oxygens (including phenoxy) is 2. The van der Waals surface area contributed by atoms with Crippen LogP contribution in [0.4, 0.5) is 0 Å². The van der Waals surface area contributed by atoms with Crippen LogP contribution in [0.2, 0.25) is 0 Å². The third kappa shape index (κ3) is 2.50. The van der Waals surface area contributed by atoms with Gasteiger partial charge in [0.15, 0.2) is 23.0 Å². The van der Waals surface area contributed by atoms with Gasteiger partial charge in [0.05, 0.1) is 14.2 Å². The first-order valence-electron chi connectivity index (χ1n) is 8.08. The Hall–Kier alpha value is -2.11. The van der Waals surface area contributed by atoms with Gasteiger partial charge in [0.25, 0.3) is 0 Å². The molecule has 2 aromatic rings. The van der Waals surface area contributed by atoms with E-state index in [-0.39, 0.29) is 29.9 Å². The highest BCUT2D eigenvalue weighted by molar-refractivity contribution is 5.85. The van der Waals surface area contributed by atoms with Crippen molar-refractivity contribution in [2.75, 3.05) is 27.8 Å².